The van der Waals surface area contributed by atoms with Gasteiger partial charge in [-0.1, -0.05) is 0 Å². The van der Waals surface area contributed by atoms with Gasteiger partial charge in [0.2, 0.25) is 0 Å². The summed E-state index contributed by atoms with van der Waals surface area (Å²) in [5.41, 5.74) is 3.12. The van der Waals surface area contributed by atoms with Crippen molar-refractivity contribution in [3.05, 3.63) is 104 Å². The van der Waals surface area contributed by atoms with E-state index in [1.54, 1.807) is 46.6 Å². The molecule has 3 amide bonds. The van der Waals surface area contributed by atoms with Crippen LogP contribution in [0, 0.1) is 17.5 Å². The Morgan fingerprint density at radius 2 is 0.690 bits per heavy atom. The van der Waals surface area contributed by atoms with Gasteiger partial charge in [0.15, 0.2) is 0 Å². The molecule has 3 atom stereocenters. The molecular formula is C60H81F3N12O9. The number of benzene rings is 3. The third kappa shape index (κ3) is 12.4. The average molecular weight is 1170 g/mol. The van der Waals surface area contributed by atoms with Gasteiger partial charge in [-0.05, 0) is 154 Å². The van der Waals surface area contributed by atoms with Gasteiger partial charge < -0.3 is 43.9 Å². The summed E-state index contributed by atoms with van der Waals surface area (Å²) in [6.07, 6.45) is 6.91. The van der Waals surface area contributed by atoms with Crippen molar-refractivity contribution in [3.8, 4) is 0 Å². The molecule has 0 radical (unpaired) electrons. The minimum absolute atomic E-state index is 0.0467. The highest BCUT2D eigenvalue weighted by Gasteiger charge is 2.45. The second-order valence-electron chi connectivity index (χ2n) is 24.1. The minimum atomic E-state index is -0.338. The highest BCUT2D eigenvalue weighted by atomic mass is 19.1. The third-order valence-corrected chi connectivity index (χ3v) is 18.8. The third-order valence-electron chi connectivity index (χ3n) is 18.8. The molecule has 3 aromatic heterocycles. The number of amides is 3. The van der Waals surface area contributed by atoms with Gasteiger partial charge in [-0.15, -0.1) is 0 Å². The number of hydrogen-bond donors (Lipinski definition) is 3. The van der Waals surface area contributed by atoms with E-state index >= 15 is 0 Å². The summed E-state index contributed by atoms with van der Waals surface area (Å²) in [7, 11) is 0. The summed E-state index contributed by atoms with van der Waals surface area (Å²) in [5.74, 6) is -1.01. The van der Waals surface area contributed by atoms with Gasteiger partial charge in [-0.2, -0.15) is 0 Å². The number of H-pyrrole nitrogens is 3. The first-order valence-electron chi connectivity index (χ1n) is 29.9. The van der Waals surface area contributed by atoms with Crippen molar-refractivity contribution in [2.24, 2.45) is 0 Å². The lowest BCUT2D eigenvalue weighted by atomic mass is 9.94. The SMILES string of the molecule is CCOC(=O)N1CCC(C)(N2CCC(n3c(=O)[nH]c4ccc(F)cc43)CC2)C1.CCOC(=O)N1CCC(C)(N2CCC(n3c(=O)[nH]c4ccc(F)cc43)CC2)C1.CCOC(=O)N1CCC(C)(N2CCC(n3c(=O)[nH]c4ccc(F)cc43)CC2)C1. The first-order chi connectivity index (χ1) is 40.2. The van der Waals surface area contributed by atoms with E-state index in [-0.39, 0.29) is 87.5 Å². The smallest absolute Gasteiger partial charge is 0.409 e. The van der Waals surface area contributed by atoms with E-state index < -0.39 is 0 Å². The molecule has 9 heterocycles. The number of carbonyl (C=O) groups excluding carboxylic acids is 3. The number of aromatic nitrogens is 6. The monoisotopic (exact) mass is 1170 g/mol. The van der Waals surface area contributed by atoms with Crippen LogP contribution in [0.5, 0.6) is 0 Å². The normalized spacial score (nSPS) is 24.2. The summed E-state index contributed by atoms with van der Waals surface area (Å²) in [4.78, 5) is 94.5. The Bertz CT molecular complexity index is 3150. The molecule has 0 aliphatic carbocycles. The quantitative estimate of drug-likeness (QED) is 0.117. The second kappa shape index (κ2) is 24.9. The van der Waals surface area contributed by atoms with Crippen molar-refractivity contribution < 1.29 is 41.8 Å². The van der Waals surface area contributed by atoms with Crippen LogP contribution in [0.4, 0.5) is 27.6 Å². The molecule has 6 aliphatic rings. The maximum atomic E-state index is 13.7. The zero-order chi connectivity index (χ0) is 59.7. The maximum Gasteiger partial charge on any atom is 0.409 e. The van der Waals surface area contributed by atoms with Gasteiger partial charge in [0, 0.05) is 113 Å². The molecule has 3 N–H and O–H groups in total. The molecule has 6 aliphatic heterocycles. The molecule has 21 nitrogen and oxygen atoms in total. The molecule has 0 spiro atoms. The highest BCUT2D eigenvalue weighted by Crippen LogP contribution is 2.37. The topological polar surface area (TPSA) is 212 Å². The highest BCUT2D eigenvalue weighted by molar-refractivity contribution is 5.77. The molecule has 12 rings (SSSR count). The Morgan fingerprint density at radius 3 is 0.929 bits per heavy atom. The van der Waals surface area contributed by atoms with Crippen LogP contribution in [0.3, 0.4) is 0 Å². The van der Waals surface area contributed by atoms with Crippen LogP contribution >= 0.6 is 0 Å². The van der Waals surface area contributed by atoms with E-state index in [9.17, 15) is 41.9 Å². The van der Waals surface area contributed by atoms with Crippen LogP contribution in [-0.2, 0) is 14.2 Å². The number of imidazole rings is 3. The molecular weight excluding hydrogens is 1090 g/mol. The van der Waals surface area contributed by atoms with E-state index in [1.807, 2.05) is 20.8 Å². The molecule has 84 heavy (non-hydrogen) atoms. The molecule has 3 aromatic carbocycles. The van der Waals surface area contributed by atoms with E-state index in [0.29, 0.717) is 92.2 Å². The van der Waals surface area contributed by atoms with Crippen LogP contribution in [0.1, 0.15) is 117 Å². The number of likely N-dealkylation sites (tertiary alicyclic amines) is 6. The number of ether oxygens (including phenoxy) is 3. The molecule has 6 aromatic rings. The van der Waals surface area contributed by atoms with Crippen molar-refractivity contribution in [1.29, 1.82) is 0 Å². The van der Waals surface area contributed by atoms with Crippen molar-refractivity contribution in [2.45, 2.75) is 134 Å². The molecule has 456 valence electrons. The lowest BCUT2D eigenvalue weighted by Crippen LogP contribution is -2.52. The number of nitrogens with one attached hydrogen (secondary N) is 3. The van der Waals surface area contributed by atoms with Crippen LogP contribution in [-0.4, -0.2) is 191 Å². The lowest BCUT2D eigenvalue weighted by molar-refractivity contribution is 0.0640. The van der Waals surface area contributed by atoms with Crippen molar-refractivity contribution in [2.75, 3.05) is 98.4 Å². The predicted molar refractivity (Wildman–Crippen MR) is 312 cm³/mol. The number of piperidine rings is 3. The van der Waals surface area contributed by atoms with Gasteiger partial charge >= 0.3 is 35.3 Å². The van der Waals surface area contributed by atoms with E-state index in [1.165, 1.54) is 36.4 Å². The Morgan fingerprint density at radius 1 is 0.440 bits per heavy atom. The summed E-state index contributed by atoms with van der Waals surface area (Å²) in [5, 5.41) is 0. The van der Waals surface area contributed by atoms with Crippen molar-refractivity contribution in [1.82, 2.24) is 58.1 Å². The molecule has 3 unspecified atom stereocenters. The molecule has 0 bridgehead atoms. The fraction of sp³-hybridized carbons (Fsp3) is 0.600. The summed E-state index contributed by atoms with van der Waals surface area (Å²) in [6.45, 7) is 22.3. The molecule has 0 saturated carbocycles. The number of halogens is 3. The maximum absolute atomic E-state index is 13.7. The number of aromatic amines is 3. The van der Waals surface area contributed by atoms with Crippen LogP contribution < -0.4 is 17.1 Å². The van der Waals surface area contributed by atoms with Crippen molar-refractivity contribution >= 4 is 51.4 Å². The zero-order valence-corrected chi connectivity index (χ0v) is 49.2. The largest absolute Gasteiger partial charge is 0.450 e. The van der Waals surface area contributed by atoms with Gasteiger partial charge in [-0.25, -0.2) is 41.9 Å². The molecule has 24 heteroatoms. The summed E-state index contributed by atoms with van der Waals surface area (Å²) >= 11 is 0. The Kier molecular flexibility index (Phi) is 17.8. The number of rotatable bonds is 9. The van der Waals surface area contributed by atoms with Crippen LogP contribution in [0.15, 0.2) is 69.0 Å². The number of nitrogens with zero attached hydrogens (tertiary/aromatic N) is 9. The van der Waals surface area contributed by atoms with Gasteiger partial charge in [0.1, 0.15) is 17.5 Å². The fourth-order valence-electron chi connectivity index (χ4n) is 14.1. The van der Waals surface area contributed by atoms with Gasteiger partial charge in [-0.3, -0.25) is 28.4 Å². The predicted octanol–water partition coefficient (Wildman–Crippen LogP) is 8.18. The number of carbonyl (C=O) groups is 3. The Labute approximate surface area is 485 Å². The first-order valence-corrected chi connectivity index (χ1v) is 29.9. The van der Waals surface area contributed by atoms with Crippen molar-refractivity contribution in [3.63, 3.8) is 0 Å². The van der Waals surface area contributed by atoms with Crippen LogP contribution in [0.2, 0.25) is 0 Å². The van der Waals surface area contributed by atoms with E-state index in [2.05, 4.69) is 50.4 Å². The number of fused-ring (bicyclic) bond motifs is 3. The van der Waals surface area contributed by atoms with Gasteiger partial charge in [0.05, 0.1) is 52.9 Å². The zero-order valence-electron chi connectivity index (χ0n) is 49.2. The average Bonchev–Trinajstić information content (AvgIpc) is 2.70. The number of hydrogen-bond acceptors (Lipinski definition) is 12. The fourth-order valence-corrected chi connectivity index (χ4v) is 14.1. The van der Waals surface area contributed by atoms with Gasteiger partial charge in [0.25, 0.3) is 0 Å². The summed E-state index contributed by atoms with van der Waals surface area (Å²) < 4.78 is 61.6. The lowest BCUT2D eigenvalue weighted by Gasteiger charge is -2.43. The van der Waals surface area contributed by atoms with E-state index in [0.717, 1.165) is 97.1 Å². The first kappa shape index (κ1) is 60.1. The van der Waals surface area contributed by atoms with Crippen LogP contribution in [0.25, 0.3) is 33.1 Å². The second-order valence-corrected chi connectivity index (χ2v) is 24.1. The van der Waals surface area contributed by atoms with E-state index in [4.69, 9.17) is 14.2 Å². The molecule has 6 fully saturated rings. The Hall–Kier alpha value is -7.05. The standard InChI is InChI=1S/3C20H27FN4O3/c3*1-3-28-19(27)23-11-8-20(2,13-23)24-9-6-15(7-10-24)25-17-12-14(21)4-5-16(17)22-18(25)26/h3*4-5,12,15H,3,6-11,13H2,1-2H3,(H,22,26). The minimum Gasteiger partial charge on any atom is -0.450 e. The molecule has 6 saturated heterocycles. The summed E-state index contributed by atoms with van der Waals surface area (Å²) in [6, 6.07) is 13.3. The Balaban J connectivity index is 0.000000140.